The minimum absolute atomic E-state index is 0.0292. The van der Waals surface area contributed by atoms with Crippen LogP contribution in [0.15, 0.2) is 9.41 Å². The number of nitrogens with two attached hydrogens (primary N) is 2. The van der Waals surface area contributed by atoms with Gasteiger partial charge in [0.1, 0.15) is 5.76 Å². The minimum atomic E-state index is -0.0292. The predicted octanol–water partition coefficient (Wildman–Crippen LogP) is 1.98. The molecule has 0 fully saturated rings. The lowest BCUT2D eigenvalue weighted by Crippen LogP contribution is -2.21. The van der Waals surface area contributed by atoms with Crippen molar-refractivity contribution < 1.29 is 4.42 Å². The molecular weight excluding hydrogens is 216 g/mol. The Morgan fingerprint density at radius 2 is 1.76 bits per heavy atom. The molecule has 0 radical (unpaired) electrons. The van der Waals surface area contributed by atoms with Gasteiger partial charge in [0.25, 0.3) is 0 Å². The Kier molecular flexibility index (Phi) is 4.54. The van der Waals surface area contributed by atoms with E-state index in [2.05, 4.69) is 37.7 Å². The average Bonchev–Trinajstić information content (AvgIpc) is 2.44. The molecule has 1 aromatic heterocycles. The number of rotatable bonds is 5. The van der Waals surface area contributed by atoms with E-state index in [9.17, 15) is 0 Å². The van der Waals surface area contributed by atoms with Gasteiger partial charge in [-0.25, -0.2) is 0 Å². The van der Waals surface area contributed by atoms with Crippen LogP contribution < -0.4 is 11.5 Å². The van der Waals surface area contributed by atoms with Crippen LogP contribution >= 0.6 is 0 Å². The number of guanidine groups is 1. The standard InChI is InChI=1S/C12H22N4O/c1-7(2)5-9-10(6-8(3)4)17-12(15-9)16-11(13)14/h7-8H,5-6H2,1-4H3,(H4,13,14,15,16). The Morgan fingerprint density at radius 1 is 1.18 bits per heavy atom. The molecule has 0 saturated heterocycles. The van der Waals surface area contributed by atoms with Gasteiger partial charge in [0.15, 0.2) is 5.96 Å². The van der Waals surface area contributed by atoms with Crippen LogP contribution in [0.3, 0.4) is 0 Å². The maximum absolute atomic E-state index is 5.58. The van der Waals surface area contributed by atoms with Crippen LogP contribution in [-0.4, -0.2) is 10.9 Å². The maximum atomic E-state index is 5.58. The zero-order chi connectivity index (χ0) is 13.0. The number of nitrogens with zero attached hydrogens (tertiary/aromatic N) is 2. The van der Waals surface area contributed by atoms with Crippen molar-refractivity contribution in [2.75, 3.05) is 0 Å². The van der Waals surface area contributed by atoms with Gasteiger partial charge in [0.05, 0.1) is 5.69 Å². The second-order valence-electron chi connectivity index (χ2n) is 5.10. The van der Waals surface area contributed by atoms with E-state index >= 15 is 0 Å². The molecule has 0 bridgehead atoms. The van der Waals surface area contributed by atoms with Crippen molar-refractivity contribution >= 4 is 12.0 Å². The van der Waals surface area contributed by atoms with Gasteiger partial charge in [-0.05, 0) is 18.3 Å². The molecule has 0 atom stereocenters. The van der Waals surface area contributed by atoms with Crippen molar-refractivity contribution in [3.63, 3.8) is 0 Å². The maximum Gasteiger partial charge on any atom is 0.325 e. The van der Waals surface area contributed by atoms with Gasteiger partial charge in [-0.2, -0.15) is 9.98 Å². The summed E-state index contributed by atoms with van der Waals surface area (Å²) in [5.41, 5.74) is 11.6. The van der Waals surface area contributed by atoms with Crippen molar-refractivity contribution in [2.24, 2.45) is 28.3 Å². The van der Waals surface area contributed by atoms with Crippen molar-refractivity contribution in [1.29, 1.82) is 0 Å². The largest absolute Gasteiger partial charge is 0.427 e. The lowest BCUT2D eigenvalue weighted by atomic mass is 10.0. The van der Waals surface area contributed by atoms with E-state index in [1.807, 2.05) is 0 Å². The number of oxazole rings is 1. The molecule has 17 heavy (non-hydrogen) atoms. The molecule has 1 heterocycles. The van der Waals surface area contributed by atoms with Crippen LogP contribution in [-0.2, 0) is 12.8 Å². The van der Waals surface area contributed by atoms with Crippen LogP contribution in [0.2, 0.25) is 0 Å². The summed E-state index contributed by atoms with van der Waals surface area (Å²) in [6, 6.07) is 0.260. The van der Waals surface area contributed by atoms with E-state index in [0.29, 0.717) is 11.8 Å². The first-order valence-electron chi connectivity index (χ1n) is 5.96. The third-order valence-corrected chi connectivity index (χ3v) is 2.19. The predicted molar refractivity (Wildman–Crippen MR) is 69.1 cm³/mol. The number of aliphatic imine (C=N–C) groups is 1. The summed E-state index contributed by atoms with van der Waals surface area (Å²) in [6.45, 7) is 8.58. The Hall–Kier alpha value is -1.52. The summed E-state index contributed by atoms with van der Waals surface area (Å²) in [4.78, 5) is 8.18. The first kappa shape index (κ1) is 13.5. The molecule has 0 aromatic carbocycles. The third-order valence-electron chi connectivity index (χ3n) is 2.19. The van der Waals surface area contributed by atoms with E-state index in [4.69, 9.17) is 15.9 Å². The van der Waals surface area contributed by atoms with E-state index in [1.54, 1.807) is 0 Å². The summed E-state index contributed by atoms with van der Waals surface area (Å²) in [6.07, 6.45) is 1.74. The van der Waals surface area contributed by atoms with Gasteiger partial charge < -0.3 is 15.9 Å². The van der Waals surface area contributed by atoms with Crippen LogP contribution in [0.1, 0.15) is 39.1 Å². The van der Waals surface area contributed by atoms with Crippen molar-refractivity contribution in [3.8, 4) is 0 Å². The van der Waals surface area contributed by atoms with Gasteiger partial charge in [0, 0.05) is 6.42 Å². The van der Waals surface area contributed by atoms with Crippen LogP contribution in [0.4, 0.5) is 6.01 Å². The molecule has 1 aromatic rings. The van der Waals surface area contributed by atoms with Crippen LogP contribution in [0.25, 0.3) is 0 Å². The van der Waals surface area contributed by atoms with Gasteiger partial charge in [-0.1, -0.05) is 27.7 Å². The summed E-state index contributed by atoms with van der Waals surface area (Å²) in [5.74, 6) is 1.91. The molecule has 0 amide bonds. The average molecular weight is 238 g/mol. The van der Waals surface area contributed by atoms with Gasteiger partial charge in [0.2, 0.25) is 0 Å². The number of hydrogen-bond acceptors (Lipinski definition) is 3. The first-order valence-corrected chi connectivity index (χ1v) is 5.96. The Labute approximate surface area is 102 Å². The topological polar surface area (TPSA) is 90.4 Å². The summed E-state index contributed by atoms with van der Waals surface area (Å²) in [5, 5.41) is 0. The molecule has 0 aliphatic carbocycles. The zero-order valence-electron chi connectivity index (χ0n) is 11.0. The SMILES string of the molecule is CC(C)Cc1nc(N=C(N)N)oc1CC(C)C. The first-order chi connectivity index (χ1) is 7.88. The van der Waals surface area contributed by atoms with Crippen molar-refractivity contribution in [3.05, 3.63) is 11.5 Å². The van der Waals surface area contributed by atoms with Crippen molar-refractivity contribution in [2.45, 2.75) is 40.5 Å². The summed E-state index contributed by atoms with van der Waals surface area (Å²) in [7, 11) is 0. The molecule has 0 aliphatic heterocycles. The van der Waals surface area contributed by atoms with Gasteiger partial charge in [-0.15, -0.1) is 0 Å². The van der Waals surface area contributed by atoms with E-state index < -0.39 is 0 Å². The number of hydrogen-bond donors (Lipinski definition) is 2. The molecule has 0 aliphatic rings. The monoisotopic (exact) mass is 238 g/mol. The van der Waals surface area contributed by atoms with Crippen LogP contribution in [0.5, 0.6) is 0 Å². The molecule has 96 valence electrons. The van der Waals surface area contributed by atoms with E-state index in [0.717, 1.165) is 24.3 Å². The smallest absolute Gasteiger partial charge is 0.325 e. The minimum Gasteiger partial charge on any atom is -0.427 e. The molecule has 0 spiro atoms. The highest BCUT2D eigenvalue weighted by Gasteiger charge is 2.15. The fourth-order valence-corrected chi connectivity index (χ4v) is 1.60. The molecular formula is C12H22N4O. The normalized spacial score (nSPS) is 11.2. The van der Waals surface area contributed by atoms with Gasteiger partial charge in [-0.3, -0.25) is 0 Å². The fraction of sp³-hybridized carbons (Fsp3) is 0.667. The second-order valence-corrected chi connectivity index (χ2v) is 5.10. The molecule has 4 N–H and O–H groups in total. The van der Waals surface area contributed by atoms with Gasteiger partial charge >= 0.3 is 6.01 Å². The highest BCUT2D eigenvalue weighted by molar-refractivity contribution is 5.77. The lowest BCUT2D eigenvalue weighted by molar-refractivity contribution is 0.470. The lowest BCUT2D eigenvalue weighted by Gasteiger charge is -2.05. The highest BCUT2D eigenvalue weighted by atomic mass is 16.4. The Bertz CT molecular complexity index is 362. The third kappa shape index (κ3) is 4.46. The summed E-state index contributed by atoms with van der Waals surface area (Å²) >= 11 is 0. The van der Waals surface area contributed by atoms with E-state index in [1.165, 1.54) is 0 Å². The van der Waals surface area contributed by atoms with Crippen LogP contribution in [0, 0.1) is 11.8 Å². The Balaban J connectivity index is 2.98. The zero-order valence-corrected chi connectivity index (χ0v) is 11.0. The number of aromatic nitrogens is 1. The second kappa shape index (κ2) is 5.70. The molecule has 0 unspecified atom stereocenters. The van der Waals surface area contributed by atoms with Crippen molar-refractivity contribution in [1.82, 2.24) is 4.98 Å². The highest BCUT2D eigenvalue weighted by Crippen LogP contribution is 2.22. The fourth-order valence-electron chi connectivity index (χ4n) is 1.60. The quantitative estimate of drug-likeness (QED) is 0.606. The molecule has 1 rings (SSSR count). The molecule has 5 heteroatoms. The summed E-state index contributed by atoms with van der Waals surface area (Å²) < 4.78 is 5.58. The molecule has 5 nitrogen and oxygen atoms in total. The Morgan fingerprint density at radius 3 is 2.24 bits per heavy atom. The van der Waals surface area contributed by atoms with E-state index in [-0.39, 0.29) is 12.0 Å². The molecule has 0 saturated carbocycles.